The molecule has 1 fully saturated rings. The summed E-state index contributed by atoms with van der Waals surface area (Å²) in [4.78, 5) is 8.84. The highest BCUT2D eigenvalue weighted by Crippen LogP contribution is 2.36. The van der Waals surface area contributed by atoms with Crippen LogP contribution < -0.4 is 4.90 Å². The number of anilines is 1. The standard InChI is InChI=1S/C20H26N4O3/c25-15(14-24-19(26)16-5-1-2-6-17(16)20(24)27)13-22-9-11-23(12-10-22)18-7-3-4-8-21-18/h1-4,7-8,15,25-27H,5-6,9-14H2. The van der Waals surface area contributed by atoms with Crippen LogP contribution in [-0.2, 0) is 19.4 Å². The van der Waals surface area contributed by atoms with Crippen LogP contribution in [0, 0.1) is 0 Å². The summed E-state index contributed by atoms with van der Waals surface area (Å²) in [7, 11) is 0. The lowest BCUT2D eigenvalue weighted by Crippen LogP contribution is -2.49. The van der Waals surface area contributed by atoms with Crippen LogP contribution >= 0.6 is 0 Å². The number of aliphatic hydroxyl groups is 1. The van der Waals surface area contributed by atoms with Crippen molar-refractivity contribution in [3.05, 3.63) is 47.7 Å². The van der Waals surface area contributed by atoms with Crippen LogP contribution in [0.15, 0.2) is 36.5 Å². The maximum Gasteiger partial charge on any atom is 0.197 e. The van der Waals surface area contributed by atoms with E-state index >= 15 is 0 Å². The minimum atomic E-state index is -0.662. The van der Waals surface area contributed by atoms with Gasteiger partial charge in [-0.3, -0.25) is 9.47 Å². The average Bonchev–Trinajstić information content (AvgIpc) is 2.94. The molecule has 0 amide bonds. The quantitative estimate of drug-likeness (QED) is 0.685. The molecule has 0 bridgehead atoms. The molecule has 1 unspecified atom stereocenters. The van der Waals surface area contributed by atoms with Crippen LogP contribution in [0.3, 0.4) is 0 Å². The molecule has 4 rings (SSSR count). The molecule has 2 aliphatic rings. The largest absolute Gasteiger partial charge is 0.494 e. The predicted molar refractivity (Wildman–Crippen MR) is 103 cm³/mol. The van der Waals surface area contributed by atoms with Crippen molar-refractivity contribution in [1.82, 2.24) is 14.5 Å². The van der Waals surface area contributed by atoms with E-state index in [9.17, 15) is 15.3 Å². The van der Waals surface area contributed by atoms with Gasteiger partial charge in [-0.1, -0.05) is 18.2 Å². The molecular formula is C20H26N4O3. The van der Waals surface area contributed by atoms with Crippen LogP contribution in [-0.4, -0.2) is 68.6 Å². The van der Waals surface area contributed by atoms with Gasteiger partial charge >= 0.3 is 0 Å². The number of hydrogen-bond donors (Lipinski definition) is 3. The van der Waals surface area contributed by atoms with Gasteiger partial charge < -0.3 is 20.2 Å². The molecule has 0 aromatic carbocycles. The molecule has 27 heavy (non-hydrogen) atoms. The number of rotatable bonds is 5. The number of aromatic hydroxyl groups is 2. The summed E-state index contributed by atoms with van der Waals surface area (Å²) < 4.78 is 1.44. The van der Waals surface area contributed by atoms with E-state index < -0.39 is 6.10 Å². The molecular weight excluding hydrogens is 344 g/mol. The minimum absolute atomic E-state index is 0.0749. The smallest absolute Gasteiger partial charge is 0.197 e. The Morgan fingerprint density at radius 1 is 0.926 bits per heavy atom. The van der Waals surface area contributed by atoms with Gasteiger partial charge in [-0.25, -0.2) is 4.98 Å². The molecule has 1 saturated heterocycles. The summed E-state index contributed by atoms with van der Waals surface area (Å²) >= 11 is 0. The van der Waals surface area contributed by atoms with Gasteiger partial charge in [-0.05, 0) is 25.0 Å². The predicted octanol–water partition coefficient (Wildman–Crippen LogP) is 1.13. The third-order valence-electron chi connectivity index (χ3n) is 5.43. The first-order chi connectivity index (χ1) is 13.1. The molecule has 0 radical (unpaired) electrons. The zero-order valence-electron chi connectivity index (χ0n) is 15.3. The van der Waals surface area contributed by atoms with E-state index in [4.69, 9.17) is 0 Å². The molecule has 2 aromatic rings. The third-order valence-corrected chi connectivity index (χ3v) is 5.43. The van der Waals surface area contributed by atoms with E-state index in [2.05, 4.69) is 14.8 Å². The van der Waals surface area contributed by atoms with Crippen molar-refractivity contribution in [2.75, 3.05) is 37.6 Å². The molecule has 0 saturated carbocycles. The number of fused-ring (bicyclic) bond motifs is 1. The highest BCUT2D eigenvalue weighted by Gasteiger charge is 2.25. The highest BCUT2D eigenvalue weighted by molar-refractivity contribution is 5.49. The van der Waals surface area contributed by atoms with Crippen molar-refractivity contribution in [1.29, 1.82) is 0 Å². The Morgan fingerprint density at radius 3 is 2.19 bits per heavy atom. The first-order valence-corrected chi connectivity index (χ1v) is 9.47. The molecule has 7 nitrogen and oxygen atoms in total. The summed E-state index contributed by atoms with van der Waals surface area (Å²) in [6.45, 7) is 4.12. The SMILES string of the molecule is Oc1c2c(c(O)n1CC(O)CN1CCN(c3ccccn3)CC1)CC=CC2. The number of hydrogen-bond acceptors (Lipinski definition) is 6. The number of aromatic nitrogens is 2. The van der Waals surface area contributed by atoms with Crippen molar-refractivity contribution < 1.29 is 15.3 Å². The van der Waals surface area contributed by atoms with Crippen LogP contribution in [0.1, 0.15) is 11.1 Å². The van der Waals surface area contributed by atoms with E-state index in [1.165, 1.54) is 4.57 Å². The summed E-state index contributed by atoms with van der Waals surface area (Å²) in [5, 5.41) is 31.3. The van der Waals surface area contributed by atoms with Gasteiger partial charge in [-0.15, -0.1) is 0 Å². The molecule has 144 valence electrons. The second kappa shape index (κ2) is 7.62. The minimum Gasteiger partial charge on any atom is -0.494 e. The Bertz CT molecular complexity index is 779. The van der Waals surface area contributed by atoms with E-state index in [0.29, 0.717) is 19.4 Å². The number of piperazine rings is 1. The first kappa shape index (κ1) is 17.9. The Balaban J connectivity index is 1.33. The normalized spacial score (nSPS) is 18.5. The lowest BCUT2D eigenvalue weighted by Gasteiger charge is -2.36. The van der Waals surface area contributed by atoms with Crippen molar-refractivity contribution in [3.8, 4) is 11.8 Å². The number of nitrogens with zero attached hydrogens (tertiary/aromatic N) is 4. The molecule has 1 aliphatic heterocycles. The van der Waals surface area contributed by atoms with Crippen molar-refractivity contribution >= 4 is 5.82 Å². The average molecular weight is 370 g/mol. The number of allylic oxidation sites excluding steroid dienone is 2. The molecule has 1 atom stereocenters. The van der Waals surface area contributed by atoms with Crippen molar-refractivity contribution in [3.63, 3.8) is 0 Å². The maximum absolute atomic E-state index is 10.5. The van der Waals surface area contributed by atoms with E-state index in [0.717, 1.165) is 43.1 Å². The zero-order valence-corrected chi connectivity index (χ0v) is 15.3. The van der Waals surface area contributed by atoms with Gasteiger partial charge in [0.2, 0.25) is 0 Å². The van der Waals surface area contributed by atoms with Crippen molar-refractivity contribution in [2.45, 2.75) is 25.5 Å². The molecule has 2 aromatic heterocycles. The number of pyridine rings is 1. The fourth-order valence-electron chi connectivity index (χ4n) is 3.97. The fraction of sp³-hybridized carbons (Fsp3) is 0.450. The molecule has 3 N–H and O–H groups in total. The second-order valence-electron chi connectivity index (χ2n) is 7.22. The third kappa shape index (κ3) is 3.65. The maximum atomic E-state index is 10.5. The van der Waals surface area contributed by atoms with E-state index in [1.54, 1.807) is 6.20 Å². The highest BCUT2D eigenvalue weighted by atomic mass is 16.3. The van der Waals surface area contributed by atoms with Crippen LogP contribution in [0.25, 0.3) is 0 Å². The summed E-state index contributed by atoms with van der Waals surface area (Å²) in [6.07, 6.45) is 6.36. The van der Waals surface area contributed by atoms with Crippen LogP contribution in [0.2, 0.25) is 0 Å². The lowest BCUT2D eigenvalue weighted by molar-refractivity contribution is 0.0907. The van der Waals surface area contributed by atoms with Gasteiger partial charge in [-0.2, -0.15) is 0 Å². The van der Waals surface area contributed by atoms with Gasteiger partial charge in [0, 0.05) is 50.0 Å². The topological polar surface area (TPSA) is 85.0 Å². The first-order valence-electron chi connectivity index (χ1n) is 9.47. The number of aliphatic hydroxyl groups excluding tert-OH is 1. The van der Waals surface area contributed by atoms with Crippen LogP contribution in [0.4, 0.5) is 5.82 Å². The Kier molecular flexibility index (Phi) is 5.05. The van der Waals surface area contributed by atoms with Gasteiger partial charge in [0.25, 0.3) is 0 Å². The Hall–Kier alpha value is -2.51. The zero-order chi connectivity index (χ0) is 18.8. The summed E-state index contributed by atoms with van der Waals surface area (Å²) in [5.41, 5.74) is 1.54. The van der Waals surface area contributed by atoms with E-state index in [1.807, 2.05) is 30.4 Å². The fourth-order valence-corrected chi connectivity index (χ4v) is 3.97. The van der Waals surface area contributed by atoms with E-state index in [-0.39, 0.29) is 18.3 Å². The van der Waals surface area contributed by atoms with Crippen molar-refractivity contribution in [2.24, 2.45) is 0 Å². The van der Waals surface area contributed by atoms with Gasteiger partial charge in [0.15, 0.2) is 11.8 Å². The Morgan fingerprint density at radius 2 is 1.59 bits per heavy atom. The second-order valence-corrected chi connectivity index (χ2v) is 7.22. The molecule has 7 heteroatoms. The summed E-state index contributed by atoms with van der Waals surface area (Å²) in [6, 6.07) is 5.92. The molecule has 3 heterocycles. The molecule has 0 spiro atoms. The van der Waals surface area contributed by atoms with Gasteiger partial charge in [0.1, 0.15) is 5.82 Å². The summed E-state index contributed by atoms with van der Waals surface area (Å²) in [5.74, 6) is 1.14. The van der Waals surface area contributed by atoms with Gasteiger partial charge in [0.05, 0.1) is 12.6 Å². The lowest BCUT2D eigenvalue weighted by atomic mass is 10.0. The van der Waals surface area contributed by atoms with Crippen LogP contribution in [0.5, 0.6) is 11.8 Å². The molecule has 1 aliphatic carbocycles. The Labute approximate surface area is 158 Å². The number of β-amino-alcohol motifs (C(OH)–C–C–N with tert-alkyl or cyclic N) is 1. The monoisotopic (exact) mass is 370 g/mol.